The summed E-state index contributed by atoms with van der Waals surface area (Å²) in [6.45, 7) is 2.07. The largest absolute Gasteiger partial charge is 0.495 e. The lowest BCUT2D eigenvalue weighted by Crippen LogP contribution is -2.12. The van der Waals surface area contributed by atoms with E-state index >= 15 is 0 Å². The maximum Gasteiger partial charge on any atom is 0.335 e. The summed E-state index contributed by atoms with van der Waals surface area (Å²) in [7, 11) is 1.47. The van der Waals surface area contributed by atoms with Gasteiger partial charge in [-0.25, -0.2) is 4.79 Å². The van der Waals surface area contributed by atoms with Crippen molar-refractivity contribution >= 4 is 17.6 Å². The lowest BCUT2D eigenvalue weighted by atomic mass is 10.1. The van der Waals surface area contributed by atoms with E-state index in [-0.39, 0.29) is 11.5 Å². The third-order valence-corrected chi connectivity index (χ3v) is 2.73. The number of hydrogen-bond donors (Lipinski definition) is 2. The number of carboxylic acid groups (broad SMARTS) is 1. The molecule has 0 spiro atoms. The Labute approximate surface area is 112 Å². The van der Waals surface area contributed by atoms with Gasteiger partial charge in [-0.05, 0) is 24.6 Å². The van der Waals surface area contributed by atoms with Gasteiger partial charge in [-0.1, -0.05) is 19.8 Å². The number of nitrogens with one attached hydrogen (secondary N) is 1. The minimum absolute atomic E-state index is 0.115. The van der Waals surface area contributed by atoms with Crippen molar-refractivity contribution in [2.45, 2.75) is 32.6 Å². The van der Waals surface area contributed by atoms with E-state index in [1.807, 2.05) is 0 Å². The maximum absolute atomic E-state index is 11.7. The second-order valence-corrected chi connectivity index (χ2v) is 4.23. The molecule has 0 atom stereocenters. The monoisotopic (exact) mass is 265 g/mol. The first-order valence-electron chi connectivity index (χ1n) is 6.29. The maximum atomic E-state index is 11.7. The van der Waals surface area contributed by atoms with Crippen LogP contribution in [0, 0.1) is 0 Å². The third-order valence-electron chi connectivity index (χ3n) is 2.73. The fourth-order valence-electron chi connectivity index (χ4n) is 1.69. The van der Waals surface area contributed by atoms with Gasteiger partial charge >= 0.3 is 5.97 Å². The minimum Gasteiger partial charge on any atom is -0.495 e. The molecule has 1 rings (SSSR count). The van der Waals surface area contributed by atoms with E-state index < -0.39 is 5.97 Å². The van der Waals surface area contributed by atoms with E-state index in [1.165, 1.54) is 25.3 Å². The van der Waals surface area contributed by atoms with Gasteiger partial charge in [-0.3, -0.25) is 4.79 Å². The second-order valence-electron chi connectivity index (χ2n) is 4.23. The van der Waals surface area contributed by atoms with Crippen LogP contribution in [0.15, 0.2) is 18.2 Å². The molecule has 1 aromatic carbocycles. The summed E-state index contributed by atoms with van der Waals surface area (Å²) < 4.78 is 5.10. The average Bonchev–Trinajstić information content (AvgIpc) is 2.38. The number of amides is 1. The minimum atomic E-state index is -1.04. The number of unbranched alkanes of at least 4 members (excludes halogenated alkanes) is 2. The van der Waals surface area contributed by atoms with Crippen molar-refractivity contribution in [3.63, 3.8) is 0 Å². The lowest BCUT2D eigenvalue weighted by Gasteiger charge is -2.10. The molecule has 0 aromatic heterocycles. The summed E-state index contributed by atoms with van der Waals surface area (Å²) in [4.78, 5) is 22.6. The van der Waals surface area contributed by atoms with Gasteiger partial charge < -0.3 is 15.2 Å². The summed E-state index contributed by atoms with van der Waals surface area (Å²) in [5.74, 6) is -0.715. The molecule has 0 aliphatic heterocycles. The summed E-state index contributed by atoms with van der Waals surface area (Å²) in [5, 5.41) is 11.6. The number of carbonyl (C=O) groups is 2. The van der Waals surface area contributed by atoms with E-state index in [0.717, 1.165) is 19.3 Å². The van der Waals surface area contributed by atoms with Crippen molar-refractivity contribution in [3.8, 4) is 5.75 Å². The molecule has 0 saturated heterocycles. The molecule has 1 amide bonds. The van der Waals surface area contributed by atoms with Crippen LogP contribution in [0.1, 0.15) is 43.0 Å². The number of rotatable bonds is 7. The zero-order chi connectivity index (χ0) is 14.3. The Bertz CT molecular complexity index is 457. The number of benzene rings is 1. The molecular formula is C14H19NO4. The first-order valence-corrected chi connectivity index (χ1v) is 6.29. The SMILES string of the molecule is CCCCCC(=O)Nc1cc(C(=O)O)ccc1OC. The quantitative estimate of drug-likeness (QED) is 0.743. The summed E-state index contributed by atoms with van der Waals surface area (Å²) >= 11 is 0. The summed E-state index contributed by atoms with van der Waals surface area (Å²) in [5.41, 5.74) is 0.508. The van der Waals surface area contributed by atoms with Crippen LogP contribution in [0.2, 0.25) is 0 Å². The van der Waals surface area contributed by atoms with Gasteiger partial charge in [0.2, 0.25) is 5.91 Å². The van der Waals surface area contributed by atoms with Crippen LogP contribution in [-0.4, -0.2) is 24.1 Å². The number of ether oxygens (including phenoxy) is 1. The van der Waals surface area contributed by atoms with Crippen molar-refractivity contribution in [3.05, 3.63) is 23.8 Å². The first kappa shape index (κ1) is 15.0. The molecule has 19 heavy (non-hydrogen) atoms. The average molecular weight is 265 g/mol. The summed E-state index contributed by atoms with van der Waals surface area (Å²) in [6.07, 6.45) is 3.29. The molecule has 0 aliphatic rings. The highest BCUT2D eigenvalue weighted by Gasteiger charge is 2.11. The van der Waals surface area contributed by atoms with Crippen molar-refractivity contribution in [2.75, 3.05) is 12.4 Å². The molecule has 0 fully saturated rings. The fourth-order valence-corrected chi connectivity index (χ4v) is 1.69. The molecule has 0 bridgehead atoms. The number of carbonyl (C=O) groups excluding carboxylic acids is 1. The predicted molar refractivity (Wildman–Crippen MR) is 72.7 cm³/mol. The van der Waals surface area contributed by atoms with Gasteiger partial charge in [-0.15, -0.1) is 0 Å². The van der Waals surface area contributed by atoms with E-state index in [0.29, 0.717) is 17.9 Å². The van der Waals surface area contributed by atoms with Crippen molar-refractivity contribution in [1.82, 2.24) is 0 Å². The Kier molecular flexibility index (Phi) is 5.85. The number of carboxylic acids is 1. The Balaban J connectivity index is 2.77. The Hall–Kier alpha value is -2.04. The zero-order valence-electron chi connectivity index (χ0n) is 11.2. The Morgan fingerprint density at radius 2 is 2.05 bits per heavy atom. The summed E-state index contributed by atoms with van der Waals surface area (Å²) in [6, 6.07) is 4.37. The molecule has 0 saturated carbocycles. The lowest BCUT2D eigenvalue weighted by molar-refractivity contribution is -0.116. The van der Waals surface area contributed by atoms with Gasteiger partial charge in [0.1, 0.15) is 5.75 Å². The highest BCUT2D eigenvalue weighted by molar-refractivity contribution is 5.95. The third kappa shape index (κ3) is 4.62. The van der Waals surface area contributed by atoms with Crippen LogP contribution in [-0.2, 0) is 4.79 Å². The number of methoxy groups -OCH3 is 1. The molecule has 0 unspecified atom stereocenters. The number of aromatic carboxylic acids is 1. The normalized spacial score (nSPS) is 10.0. The highest BCUT2D eigenvalue weighted by Crippen LogP contribution is 2.25. The van der Waals surface area contributed by atoms with Crippen LogP contribution in [0.25, 0.3) is 0 Å². The van der Waals surface area contributed by atoms with E-state index in [1.54, 1.807) is 0 Å². The van der Waals surface area contributed by atoms with Crippen molar-refractivity contribution < 1.29 is 19.4 Å². The molecule has 0 aliphatic carbocycles. The van der Waals surface area contributed by atoms with Gasteiger partial charge in [0.25, 0.3) is 0 Å². The smallest absolute Gasteiger partial charge is 0.335 e. The van der Waals surface area contributed by atoms with Crippen LogP contribution >= 0.6 is 0 Å². The molecule has 5 heteroatoms. The molecule has 104 valence electrons. The van der Waals surface area contributed by atoms with E-state index in [2.05, 4.69) is 12.2 Å². The number of anilines is 1. The molecule has 0 radical (unpaired) electrons. The Morgan fingerprint density at radius 1 is 1.32 bits per heavy atom. The predicted octanol–water partition coefficient (Wildman–Crippen LogP) is 2.91. The van der Waals surface area contributed by atoms with Gasteiger partial charge in [0.15, 0.2) is 0 Å². The molecule has 0 heterocycles. The van der Waals surface area contributed by atoms with Gasteiger partial charge in [0.05, 0.1) is 18.4 Å². The van der Waals surface area contributed by atoms with Crippen LogP contribution in [0.3, 0.4) is 0 Å². The zero-order valence-corrected chi connectivity index (χ0v) is 11.2. The second kappa shape index (κ2) is 7.41. The van der Waals surface area contributed by atoms with Gasteiger partial charge in [-0.2, -0.15) is 0 Å². The van der Waals surface area contributed by atoms with Crippen LogP contribution in [0.4, 0.5) is 5.69 Å². The molecule has 1 aromatic rings. The molecule has 2 N–H and O–H groups in total. The first-order chi connectivity index (χ1) is 9.08. The highest BCUT2D eigenvalue weighted by atomic mass is 16.5. The van der Waals surface area contributed by atoms with Crippen molar-refractivity contribution in [1.29, 1.82) is 0 Å². The molecular weight excluding hydrogens is 246 g/mol. The standard InChI is InChI=1S/C14H19NO4/c1-3-4-5-6-13(16)15-11-9-10(14(17)18)7-8-12(11)19-2/h7-9H,3-6H2,1-2H3,(H,15,16)(H,17,18). The fraction of sp³-hybridized carbons (Fsp3) is 0.429. The van der Waals surface area contributed by atoms with Crippen LogP contribution in [0.5, 0.6) is 5.75 Å². The van der Waals surface area contributed by atoms with Crippen LogP contribution < -0.4 is 10.1 Å². The van der Waals surface area contributed by atoms with Gasteiger partial charge in [0, 0.05) is 6.42 Å². The van der Waals surface area contributed by atoms with E-state index in [4.69, 9.17) is 9.84 Å². The number of hydrogen-bond acceptors (Lipinski definition) is 3. The van der Waals surface area contributed by atoms with E-state index in [9.17, 15) is 9.59 Å². The van der Waals surface area contributed by atoms with Crippen molar-refractivity contribution in [2.24, 2.45) is 0 Å². The topological polar surface area (TPSA) is 75.6 Å². The Morgan fingerprint density at radius 3 is 2.63 bits per heavy atom. The molecule has 5 nitrogen and oxygen atoms in total.